The van der Waals surface area contributed by atoms with Crippen molar-refractivity contribution in [2.75, 3.05) is 31.0 Å². The minimum Gasteiger partial charge on any atom is -0.497 e. The molecular weight excluding hydrogens is 609 g/mol. The molecule has 2 aliphatic heterocycles. The molecule has 0 aromatic heterocycles. The van der Waals surface area contributed by atoms with Crippen molar-refractivity contribution in [1.29, 1.82) is 0 Å². The first-order valence-electron chi connectivity index (χ1n) is 16.0. The Morgan fingerprint density at radius 1 is 0.915 bits per heavy atom. The second-order valence-corrected chi connectivity index (χ2v) is 17.6. The van der Waals surface area contributed by atoms with Crippen LogP contribution in [0.15, 0.2) is 97.1 Å². The Bertz CT molecular complexity index is 1740. The molecule has 0 unspecified atom stereocenters. The van der Waals surface area contributed by atoms with Crippen molar-refractivity contribution in [1.82, 2.24) is 0 Å². The van der Waals surface area contributed by atoms with E-state index in [1.165, 1.54) is 5.19 Å². The first-order chi connectivity index (χ1) is 22.6. The smallest absolute Gasteiger partial charge is 0.264 e. The van der Waals surface area contributed by atoms with Crippen molar-refractivity contribution in [2.24, 2.45) is 5.92 Å². The van der Waals surface area contributed by atoms with Crippen LogP contribution in [0.25, 0.3) is 0 Å². The number of carbonyl (C=O) groups is 2. The largest absolute Gasteiger partial charge is 0.497 e. The summed E-state index contributed by atoms with van der Waals surface area (Å²) in [6.07, 6.45) is 0.187. The molecule has 244 valence electrons. The maximum atomic E-state index is 14.7. The molecule has 1 fully saturated rings. The number of hydrogen-bond acceptors (Lipinski definition) is 6. The first-order valence-corrected chi connectivity index (χ1v) is 19.1. The van der Waals surface area contributed by atoms with Crippen LogP contribution < -0.4 is 24.9 Å². The highest BCUT2D eigenvalue weighted by Crippen LogP contribution is 2.60. The molecule has 47 heavy (non-hydrogen) atoms. The Kier molecular flexibility index (Phi) is 8.98. The van der Waals surface area contributed by atoms with Crippen LogP contribution in [0.1, 0.15) is 34.8 Å². The number of hydrogen-bond donors (Lipinski definition) is 2. The van der Waals surface area contributed by atoms with Crippen molar-refractivity contribution in [3.63, 3.8) is 0 Å². The minimum atomic E-state index is -2.24. The number of anilines is 2. The highest BCUT2D eigenvalue weighted by molar-refractivity contribution is 6.91. The fourth-order valence-corrected chi connectivity index (χ4v) is 11.7. The maximum absolute atomic E-state index is 14.7. The number of aliphatic hydroxyl groups is 1. The van der Waals surface area contributed by atoms with Gasteiger partial charge in [0.1, 0.15) is 11.5 Å². The van der Waals surface area contributed by atoms with Crippen molar-refractivity contribution in [2.45, 2.75) is 50.2 Å². The van der Waals surface area contributed by atoms with Crippen LogP contribution in [-0.4, -0.2) is 51.9 Å². The number of ether oxygens (including phenoxy) is 3. The molecule has 2 heterocycles. The summed E-state index contributed by atoms with van der Waals surface area (Å²) in [5, 5.41) is 14.3. The predicted octanol–water partition coefficient (Wildman–Crippen LogP) is 6.10. The van der Waals surface area contributed by atoms with E-state index in [0.29, 0.717) is 30.0 Å². The highest BCUT2D eigenvalue weighted by atomic mass is 28.3. The molecule has 2 N–H and O–H groups in total. The topological polar surface area (TPSA) is 97.3 Å². The summed E-state index contributed by atoms with van der Waals surface area (Å²) in [6.45, 7) is 7.16. The molecule has 8 nitrogen and oxygen atoms in total. The maximum Gasteiger partial charge on any atom is 0.264 e. The Balaban J connectivity index is 1.26. The monoisotopic (exact) mass is 650 g/mol. The summed E-state index contributed by atoms with van der Waals surface area (Å²) in [5.74, 6) is 1.07. The SMILES string of the molecule is COc1ccc(C(=O)Nc2ccc(CN3C(=O)[C@]4(O[C@H](CCO)[C@@H]([Si](C)(C)c5ccc(OC)cc5)[C@@H]4C)c4ccccc43)cc2)cc1. The number of para-hydroxylation sites is 1. The van der Waals surface area contributed by atoms with E-state index in [9.17, 15) is 14.7 Å². The first kappa shape index (κ1) is 32.5. The van der Waals surface area contributed by atoms with Gasteiger partial charge < -0.3 is 29.5 Å². The molecule has 4 atom stereocenters. The second-order valence-electron chi connectivity index (χ2n) is 13.0. The molecule has 6 rings (SSSR count). The van der Waals surface area contributed by atoms with E-state index in [2.05, 4.69) is 37.5 Å². The summed E-state index contributed by atoms with van der Waals surface area (Å²) < 4.78 is 17.6. The molecule has 0 bridgehead atoms. The van der Waals surface area contributed by atoms with Crippen LogP contribution in [0.2, 0.25) is 18.6 Å². The van der Waals surface area contributed by atoms with Crippen molar-refractivity contribution in [3.8, 4) is 11.5 Å². The van der Waals surface area contributed by atoms with Crippen LogP contribution in [-0.2, 0) is 21.7 Å². The van der Waals surface area contributed by atoms with E-state index in [0.717, 1.165) is 22.6 Å². The normalized spacial score (nSPS) is 22.0. The van der Waals surface area contributed by atoms with Crippen LogP contribution in [0.3, 0.4) is 0 Å². The second kappa shape index (κ2) is 13.0. The lowest BCUT2D eigenvalue weighted by Crippen LogP contribution is -2.51. The van der Waals surface area contributed by atoms with Crippen molar-refractivity contribution < 1.29 is 28.9 Å². The predicted molar refractivity (Wildman–Crippen MR) is 186 cm³/mol. The van der Waals surface area contributed by atoms with Gasteiger partial charge in [-0.15, -0.1) is 0 Å². The molecule has 4 aromatic carbocycles. The molecule has 1 saturated heterocycles. The molecule has 2 amide bonds. The fraction of sp³-hybridized carbons (Fsp3) is 0.316. The lowest BCUT2D eigenvalue weighted by molar-refractivity contribution is -0.146. The van der Waals surface area contributed by atoms with Gasteiger partial charge in [-0.2, -0.15) is 0 Å². The standard InChI is InChI=1S/C38H42N2O6Si/c1-25-35(47(4,5)31-20-18-30(45-3)19-21-31)34(22-23-41)46-38(25)32-8-6-7-9-33(32)40(37(38)43)24-26-10-14-28(15-11-26)39-36(42)27-12-16-29(44-2)17-13-27/h6-21,25,34-35,41H,22-24H2,1-5H3,(H,39,42)/t25-,34+,35-,38+/m0/s1. The van der Waals surface area contributed by atoms with Gasteiger partial charge in [0.05, 0.1) is 40.6 Å². The Labute approximate surface area is 277 Å². The van der Waals surface area contributed by atoms with Crippen LogP contribution >= 0.6 is 0 Å². The zero-order valence-corrected chi connectivity index (χ0v) is 28.5. The zero-order valence-electron chi connectivity index (χ0n) is 27.5. The Morgan fingerprint density at radius 2 is 1.53 bits per heavy atom. The number of fused-ring (bicyclic) bond motifs is 2. The third kappa shape index (κ3) is 5.73. The van der Waals surface area contributed by atoms with Gasteiger partial charge >= 0.3 is 0 Å². The van der Waals surface area contributed by atoms with E-state index >= 15 is 0 Å². The Hall–Kier alpha value is -4.44. The summed E-state index contributed by atoms with van der Waals surface area (Å²) in [4.78, 5) is 29.3. The fourth-order valence-electron chi connectivity index (χ4n) is 7.64. The molecule has 2 aliphatic rings. The third-order valence-electron chi connectivity index (χ3n) is 10.1. The average Bonchev–Trinajstić information content (AvgIpc) is 3.52. The van der Waals surface area contributed by atoms with Gasteiger partial charge in [-0.25, -0.2) is 0 Å². The van der Waals surface area contributed by atoms with E-state index in [1.54, 1.807) is 38.5 Å². The van der Waals surface area contributed by atoms with Gasteiger partial charge in [0.25, 0.3) is 11.8 Å². The molecular formula is C38H42N2O6Si. The quantitative estimate of drug-likeness (QED) is 0.201. The number of aliphatic hydroxyl groups excluding tert-OH is 1. The third-order valence-corrected chi connectivity index (χ3v) is 14.4. The molecule has 0 saturated carbocycles. The summed E-state index contributed by atoms with van der Waals surface area (Å²) in [7, 11) is 1.01. The van der Waals surface area contributed by atoms with Crippen LogP contribution in [0, 0.1) is 5.92 Å². The van der Waals surface area contributed by atoms with Crippen molar-refractivity contribution in [3.05, 3.63) is 114 Å². The van der Waals surface area contributed by atoms with Crippen molar-refractivity contribution >= 4 is 36.4 Å². The summed E-state index contributed by atoms with van der Waals surface area (Å²) in [5.41, 5.74) is 2.76. The van der Waals surface area contributed by atoms with Crippen LogP contribution in [0.5, 0.6) is 11.5 Å². The molecule has 9 heteroatoms. The number of rotatable bonds is 10. The summed E-state index contributed by atoms with van der Waals surface area (Å²) >= 11 is 0. The number of benzene rings is 4. The molecule has 0 radical (unpaired) electrons. The Morgan fingerprint density at radius 3 is 2.15 bits per heavy atom. The number of nitrogens with zero attached hydrogens (tertiary/aromatic N) is 1. The zero-order chi connectivity index (χ0) is 33.3. The number of methoxy groups -OCH3 is 2. The lowest BCUT2D eigenvalue weighted by atomic mass is 9.82. The van der Waals surface area contributed by atoms with Gasteiger partial charge in [-0.05, 0) is 72.1 Å². The van der Waals surface area contributed by atoms with E-state index in [1.807, 2.05) is 65.6 Å². The van der Waals surface area contributed by atoms with E-state index in [4.69, 9.17) is 14.2 Å². The van der Waals surface area contributed by atoms with Gasteiger partial charge in [0.15, 0.2) is 5.60 Å². The highest BCUT2D eigenvalue weighted by Gasteiger charge is 2.66. The van der Waals surface area contributed by atoms with E-state index in [-0.39, 0.29) is 36.0 Å². The molecule has 1 spiro atoms. The summed E-state index contributed by atoms with van der Waals surface area (Å²) in [6, 6.07) is 30.7. The number of amides is 2. The average molecular weight is 651 g/mol. The van der Waals surface area contributed by atoms with Gasteiger partial charge in [0.2, 0.25) is 0 Å². The minimum absolute atomic E-state index is 0.0159. The van der Waals surface area contributed by atoms with Crippen LogP contribution in [0.4, 0.5) is 11.4 Å². The number of carbonyl (C=O) groups excluding carboxylic acids is 2. The van der Waals surface area contributed by atoms with Gasteiger partial charge in [-0.3, -0.25) is 9.59 Å². The molecule has 4 aromatic rings. The lowest BCUT2D eigenvalue weighted by Gasteiger charge is -2.37. The van der Waals surface area contributed by atoms with E-state index < -0.39 is 13.7 Å². The van der Waals surface area contributed by atoms with Gasteiger partial charge in [-0.1, -0.05) is 67.7 Å². The van der Waals surface area contributed by atoms with Gasteiger partial charge in [0, 0.05) is 29.3 Å². The molecule has 0 aliphatic carbocycles. The number of nitrogens with one attached hydrogen (secondary N) is 1.